The number of aryl methyl sites for hydroxylation is 2. The zero-order valence-electron chi connectivity index (χ0n) is 15.0. The van der Waals surface area contributed by atoms with Crippen LogP contribution in [0, 0.1) is 19.8 Å². The van der Waals surface area contributed by atoms with Crippen LogP contribution in [-0.4, -0.2) is 49.1 Å². The van der Waals surface area contributed by atoms with E-state index in [9.17, 15) is 0 Å². The molecular weight excluding hydrogens is 306 g/mol. The van der Waals surface area contributed by atoms with Crippen molar-refractivity contribution in [3.8, 4) is 0 Å². The van der Waals surface area contributed by atoms with Crippen LogP contribution in [0.4, 0.5) is 0 Å². The topological polar surface area (TPSA) is 52.5 Å². The van der Waals surface area contributed by atoms with Gasteiger partial charge < -0.3 is 15.5 Å². The van der Waals surface area contributed by atoms with E-state index in [4.69, 9.17) is 0 Å². The van der Waals surface area contributed by atoms with E-state index in [0.29, 0.717) is 0 Å². The second-order valence-corrected chi connectivity index (χ2v) is 7.56. The average molecular weight is 338 g/mol. The van der Waals surface area contributed by atoms with Crippen molar-refractivity contribution in [1.82, 2.24) is 20.5 Å². The lowest BCUT2D eigenvalue weighted by molar-refractivity contribution is 0.187. The van der Waals surface area contributed by atoms with Crippen LogP contribution < -0.4 is 10.6 Å². The number of hydrogen-bond donors (Lipinski definition) is 2. The van der Waals surface area contributed by atoms with E-state index < -0.39 is 0 Å². The first kappa shape index (κ1) is 18.2. The molecule has 0 amide bonds. The minimum Gasteiger partial charge on any atom is -0.356 e. The molecule has 0 saturated carbocycles. The maximum Gasteiger partial charge on any atom is 0.191 e. The van der Waals surface area contributed by atoms with Gasteiger partial charge in [0.1, 0.15) is 5.01 Å². The predicted octanol–water partition coefficient (Wildman–Crippen LogP) is 2.55. The summed E-state index contributed by atoms with van der Waals surface area (Å²) in [6, 6.07) is 0. The molecule has 0 spiro atoms. The Balaban J connectivity index is 1.65. The van der Waals surface area contributed by atoms with Crippen LogP contribution in [0.5, 0.6) is 0 Å². The van der Waals surface area contributed by atoms with Crippen molar-refractivity contribution in [3.63, 3.8) is 0 Å². The van der Waals surface area contributed by atoms with E-state index in [1.54, 1.807) is 11.3 Å². The quantitative estimate of drug-likeness (QED) is 0.619. The van der Waals surface area contributed by atoms with Crippen LogP contribution in [0.15, 0.2) is 4.99 Å². The number of likely N-dealkylation sites (tertiary alicyclic amines) is 1. The fourth-order valence-corrected chi connectivity index (χ4v) is 3.85. The summed E-state index contributed by atoms with van der Waals surface area (Å²) >= 11 is 1.75. The molecule has 1 aromatic rings. The second-order valence-electron chi connectivity index (χ2n) is 6.27. The first-order chi connectivity index (χ1) is 11.1. The SMILES string of the molecule is CCN1CCC(CCNC(=NC)NCc2nc(C)c(C)s2)CC1. The van der Waals surface area contributed by atoms with E-state index >= 15 is 0 Å². The monoisotopic (exact) mass is 337 g/mol. The van der Waals surface area contributed by atoms with Crippen molar-refractivity contribution in [3.05, 3.63) is 15.6 Å². The van der Waals surface area contributed by atoms with E-state index in [2.05, 4.69) is 46.3 Å². The lowest BCUT2D eigenvalue weighted by Gasteiger charge is -2.31. The molecule has 130 valence electrons. The number of hydrogen-bond acceptors (Lipinski definition) is 4. The molecule has 0 aliphatic carbocycles. The number of rotatable bonds is 6. The Morgan fingerprint density at radius 2 is 2.04 bits per heavy atom. The van der Waals surface area contributed by atoms with Gasteiger partial charge in [0.15, 0.2) is 5.96 Å². The molecule has 0 aromatic carbocycles. The fourth-order valence-electron chi connectivity index (χ4n) is 2.98. The maximum absolute atomic E-state index is 4.55. The molecule has 0 bridgehead atoms. The fraction of sp³-hybridized carbons (Fsp3) is 0.765. The minimum absolute atomic E-state index is 0.744. The zero-order valence-corrected chi connectivity index (χ0v) is 15.8. The molecule has 2 rings (SSSR count). The molecule has 5 nitrogen and oxygen atoms in total. The van der Waals surface area contributed by atoms with Gasteiger partial charge in [0, 0.05) is 18.5 Å². The number of nitrogens with zero attached hydrogens (tertiary/aromatic N) is 3. The van der Waals surface area contributed by atoms with Gasteiger partial charge in [0.2, 0.25) is 0 Å². The summed E-state index contributed by atoms with van der Waals surface area (Å²) in [6.45, 7) is 11.9. The standard InChI is InChI=1S/C17H31N5S/c1-5-22-10-7-15(8-11-22)6-9-19-17(18-4)20-12-16-21-13(2)14(3)23-16/h15H,5-12H2,1-4H3,(H2,18,19,20). The highest BCUT2D eigenvalue weighted by Gasteiger charge is 2.17. The van der Waals surface area contributed by atoms with E-state index in [0.717, 1.165) is 35.7 Å². The maximum atomic E-state index is 4.55. The van der Waals surface area contributed by atoms with E-state index in [1.807, 2.05) is 7.05 Å². The number of guanidine groups is 1. The van der Waals surface area contributed by atoms with Gasteiger partial charge in [-0.2, -0.15) is 0 Å². The highest BCUT2D eigenvalue weighted by atomic mass is 32.1. The van der Waals surface area contributed by atoms with Gasteiger partial charge in [-0.25, -0.2) is 4.98 Å². The molecule has 1 saturated heterocycles. The molecule has 1 aliphatic rings. The van der Waals surface area contributed by atoms with Gasteiger partial charge in [-0.05, 0) is 58.7 Å². The molecule has 23 heavy (non-hydrogen) atoms. The number of piperidine rings is 1. The van der Waals surface area contributed by atoms with Crippen molar-refractivity contribution in [1.29, 1.82) is 0 Å². The van der Waals surface area contributed by atoms with E-state index in [1.165, 1.54) is 43.8 Å². The molecule has 0 radical (unpaired) electrons. The van der Waals surface area contributed by atoms with E-state index in [-0.39, 0.29) is 0 Å². The Morgan fingerprint density at radius 3 is 2.61 bits per heavy atom. The van der Waals surface area contributed by atoms with Crippen LogP contribution in [0.2, 0.25) is 0 Å². The largest absolute Gasteiger partial charge is 0.356 e. The summed E-state index contributed by atoms with van der Waals surface area (Å²) in [5, 5.41) is 7.91. The molecule has 2 heterocycles. The molecule has 1 aromatic heterocycles. The van der Waals surface area contributed by atoms with Gasteiger partial charge in [-0.3, -0.25) is 4.99 Å². The Labute approximate surface area is 144 Å². The van der Waals surface area contributed by atoms with Crippen LogP contribution in [0.1, 0.15) is 41.8 Å². The number of nitrogens with one attached hydrogen (secondary N) is 2. The summed E-state index contributed by atoms with van der Waals surface area (Å²) in [4.78, 5) is 12.7. The molecule has 1 fully saturated rings. The summed E-state index contributed by atoms with van der Waals surface area (Å²) in [5.41, 5.74) is 1.13. The highest BCUT2D eigenvalue weighted by Crippen LogP contribution is 2.19. The second kappa shape index (κ2) is 9.23. The van der Waals surface area contributed by atoms with Crippen molar-refractivity contribution in [2.24, 2.45) is 10.9 Å². The number of aliphatic imine (C=N–C) groups is 1. The third-order valence-electron chi connectivity index (χ3n) is 4.70. The Hall–Kier alpha value is -1.14. The highest BCUT2D eigenvalue weighted by molar-refractivity contribution is 7.11. The number of thiazole rings is 1. The van der Waals surface area contributed by atoms with Crippen LogP contribution in [0.3, 0.4) is 0 Å². The van der Waals surface area contributed by atoms with Gasteiger partial charge >= 0.3 is 0 Å². The normalized spacial score (nSPS) is 17.5. The smallest absolute Gasteiger partial charge is 0.191 e. The summed E-state index contributed by atoms with van der Waals surface area (Å²) in [7, 11) is 1.83. The zero-order chi connectivity index (χ0) is 16.7. The molecule has 1 aliphatic heterocycles. The lowest BCUT2D eigenvalue weighted by atomic mass is 9.93. The summed E-state index contributed by atoms with van der Waals surface area (Å²) < 4.78 is 0. The predicted molar refractivity (Wildman–Crippen MR) is 99.2 cm³/mol. The minimum atomic E-state index is 0.744. The third-order valence-corrected chi connectivity index (χ3v) is 5.78. The third kappa shape index (κ3) is 5.77. The molecule has 0 unspecified atom stereocenters. The van der Waals surface area contributed by atoms with Crippen LogP contribution in [-0.2, 0) is 6.54 Å². The average Bonchev–Trinajstić information content (AvgIpc) is 2.89. The summed E-state index contributed by atoms with van der Waals surface area (Å²) in [5.74, 6) is 1.73. The van der Waals surface area contributed by atoms with Gasteiger partial charge in [-0.15, -0.1) is 11.3 Å². The van der Waals surface area contributed by atoms with Gasteiger partial charge in [-0.1, -0.05) is 6.92 Å². The molecule has 6 heteroatoms. The van der Waals surface area contributed by atoms with Crippen LogP contribution in [0.25, 0.3) is 0 Å². The van der Waals surface area contributed by atoms with Crippen LogP contribution >= 0.6 is 11.3 Å². The first-order valence-corrected chi connectivity index (χ1v) is 9.53. The van der Waals surface area contributed by atoms with Gasteiger partial charge in [0.25, 0.3) is 0 Å². The van der Waals surface area contributed by atoms with Gasteiger partial charge in [0.05, 0.1) is 12.2 Å². The number of aromatic nitrogens is 1. The van der Waals surface area contributed by atoms with Crippen molar-refractivity contribution < 1.29 is 0 Å². The Bertz CT molecular complexity index is 484. The molecule has 0 atom stereocenters. The summed E-state index contributed by atoms with van der Waals surface area (Å²) in [6.07, 6.45) is 3.90. The Kier molecular flexibility index (Phi) is 7.30. The first-order valence-electron chi connectivity index (χ1n) is 8.72. The van der Waals surface area contributed by atoms with Crippen molar-refractivity contribution in [2.45, 2.75) is 46.6 Å². The molecular formula is C17H31N5S. The lowest BCUT2D eigenvalue weighted by Crippen LogP contribution is -2.39. The Morgan fingerprint density at radius 1 is 1.30 bits per heavy atom. The van der Waals surface area contributed by atoms with Crippen molar-refractivity contribution in [2.75, 3.05) is 33.2 Å². The van der Waals surface area contributed by atoms with Crippen molar-refractivity contribution >= 4 is 17.3 Å². The molecule has 2 N–H and O–H groups in total.